The lowest BCUT2D eigenvalue weighted by Crippen LogP contribution is -2.46. The molecule has 1 aliphatic heterocycles. The van der Waals surface area contributed by atoms with Crippen LogP contribution in [0, 0.1) is 5.41 Å². The van der Waals surface area contributed by atoms with Crippen LogP contribution in [0.2, 0.25) is 0 Å². The number of nitrogens with one attached hydrogen (secondary N) is 1. The summed E-state index contributed by atoms with van der Waals surface area (Å²) in [6.07, 6.45) is -0.387. The summed E-state index contributed by atoms with van der Waals surface area (Å²) in [6, 6.07) is 5.61. The van der Waals surface area contributed by atoms with Crippen LogP contribution in [-0.2, 0) is 4.74 Å². The van der Waals surface area contributed by atoms with Gasteiger partial charge in [-0.05, 0) is 24.6 Å². The standard InChI is InChI=1S/C15H21NO4/c1-5-19-11-7-6-10(8-12(11)18-4)13-15(2,3)9-20-14(17)16-13/h6-8,13H,5,9H2,1-4H3,(H,16,17)/t13-/m0/s1. The van der Waals surface area contributed by atoms with E-state index in [1.54, 1.807) is 7.11 Å². The van der Waals surface area contributed by atoms with Crippen LogP contribution < -0.4 is 14.8 Å². The highest BCUT2D eigenvalue weighted by atomic mass is 16.6. The van der Waals surface area contributed by atoms with Crippen molar-refractivity contribution in [1.82, 2.24) is 5.32 Å². The van der Waals surface area contributed by atoms with E-state index in [0.717, 1.165) is 5.56 Å². The van der Waals surface area contributed by atoms with Crippen molar-refractivity contribution in [3.63, 3.8) is 0 Å². The van der Waals surface area contributed by atoms with Crippen LogP contribution in [0.25, 0.3) is 0 Å². The van der Waals surface area contributed by atoms with Gasteiger partial charge in [0.15, 0.2) is 11.5 Å². The molecule has 0 saturated carbocycles. The van der Waals surface area contributed by atoms with Crippen molar-refractivity contribution in [3.8, 4) is 11.5 Å². The molecule has 0 unspecified atom stereocenters. The lowest BCUT2D eigenvalue weighted by atomic mass is 9.80. The van der Waals surface area contributed by atoms with Crippen molar-refractivity contribution in [2.45, 2.75) is 26.8 Å². The molecule has 1 aromatic rings. The molecule has 0 spiro atoms. The lowest BCUT2D eigenvalue weighted by molar-refractivity contribution is 0.0386. The number of benzene rings is 1. The fourth-order valence-corrected chi connectivity index (χ4v) is 2.36. The molecule has 0 bridgehead atoms. The number of hydrogen-bond acceptors (Lipinski definition) is 4. The van der Waals surface area contributed by atoms with Crippen LogP contribution in [-0.4, -0.2) is 26.4 Å². The zero-order valence-corrected chi connectivity index (χ0v) is 12.4. The maximum Gasteiger partial charge on any atom is 0.407 e. The molecule has 1 aliphatic rings. The highest BCUT2D eigenvalue weighted by Gasteiger charge is 2.38. The van der Waals surface area contributed by atoms with Crippen molar-refractivity contribution < 1.29 is 19.0 Å². The first-order chi connectivity index (χ1) is 9.47. The van der Waals surface area contributed by atoms with Crippen molar-refractivity contribution in [1.29, 1.82) is 0 Å². The Morgan fingerprint density at radius 1 is 1.40 bits per heavy atom. The van der Waals surface area contributed by atoms with Gasteiger partial charge in [0.2, 0.25) is 0 Å². The Bertz CT molecular complexity index is 499. The third kappa shape index (κ3) is 2.81. The summed E-state index contributed by atoms with van der Waals surface area (Å²) in [5.41, 5.74) is 0.790. The quantitative estimate of drug-likeness (QED) is 0.920. The number of ether oxygens (including phenoxy) is 3. The lowest BCUT2D eigenvalue weighted by Gasteiger charge is -2.38. The molecule has 0 radical (unpaired) electrons. The normalized spacial score (nSPS) is 20.8. The SMILES string of the molecule is CCOc1ccc([C@@H]2NC(=O)OCC2(C)C)cc1OC. The second-order valence-corrected chi connectivity index (χ2v) is 5.49. The van der Waals surface area contributed by atoms with E-state index >= 15 is 0 Å². The minimum atomic E-state index is -0.387. The van der Waals surface area contributed by atoms with Crippen LogP contribution in [0.4, 0.5) is 4.79 Å². The van der Waals surface area contributed by atoms with Gasteiger partial charge in [-0.25, -0.2) is 4.79 Å². The Morgan fingerprint density at radius 3 is 2.80 bits per heavy atom. The Kier molecular flexibility index (Phi) is 4.06. The molecule has 5 nitrogen and oxygen atoms in total. The molecule has 5 heteroatoms. The summed E-state index contributed by atoms with van der Waals surface area (Å²) < 4.78 is 15.9. The predicted molar refractivity (Wildman–Crippen MR) is 75.2 cm³/mol. The molecule has 20 heavy (non-hydrogen) atoms. The molecule has 110 valence electrons. The van der Waals surface area contributed by atoms with E-state index < -0.39 is 0 Å². The number of carbonyl (C=O) groups excluding carboxylic acids is 1. The van der Waals surface area contributed by atoms with Crippen molar-refractivity contribution in [2.75, 3.05) is 20.3 Å². The summed E-state index contributed by atoms with van der Waals surface area (Å²) in [5.74, 6) is 1.37. The number of amides is 1. The number of carbonyl (C=O) groups is 1. The minimum absolute atomic E-state index is 0.117. The Balaban J connectivity index is 2.33. The van der Waals surface area contributed by atoms with E-state index in [1.807, 2.05) is 25.1 Å². The fourth-order valence-electron chi connectivity index (χ4n) is 2.36. The fraction of sp³-hybridized carbons (Fsp3) is 0.533. The maximum atomic E-state index is 11.5. The van der Waals surface area contributed by atoms with Gasteiger partial charge in [0.1, 0.15) is 6.61 Å². The zero-order chi connectivity index (χ0) is 14.8. The third-order valence-corrected chi connectivity index (χ3v) is 3.44. The molecule has 1 fully saturated rings. The first-order valence-electron chi connectivity index (χ1n) is 6.72. The largest absolute Gasteiger partial charge is 0.493 e. The molecule has 2 rings (SSSR count). The molecule has 1 heterocycles. The Labute approximate surface area is 119 Å². The average Bonchev–Trinajstić information content (AvgIpc) is 2.42. The van der Waals surface area contributed by atoms with Gasteiger partial charge in [-0.15, -0.1) is 0 Å². The number of rotatable bonds is 4. The first kappa shape index (κ1) is 14.5. The van der Waals surface area contributed by atoms with Crippen LogP contribution in [0.3, 0.4) is 0 Å². The smallest absolute Gasteiger partial charge is 0.407 e. The van der Waals surface area contributed by atoms with E-state index in [2.05, 4.69) is 19.2 Å². The molecule has 1 saturated heterocycles. The van der Waals surface area contributed by atoms with Gasteiger partial charge in [-0.1, -0.05) is 19.9 Å². The predicted octanol–water partition coefficient (Wildman–Crippen LogP) is 2.90. The Hall–Kier alpha value is -1.91. The van der Waals surface area contributed by atoms with Crippen molar-refractivity contribution >= 4 is 6.09 Å². The monoisotopic (exact) mass is 279 g/mol. The first-order valence-corrected chi connectivity index (χ1v) is 6.72. The van der Waals surface area contributed by atoms with E-state index in [1.165, 1.54) is 0 Å². The molecule has 0 aliphatic carbocycles. The second kappa shape index (κ2) is 5.61. The van der Waals surface area contributed by atoms with E-state index in [4.69, 9.17) is 14.2 Å². The van der Waals surface area contributed by atoms with Crippen molar-refractivity contribution in [2.24, 2.45) is 5.41 Å². The summed E-state index contributed by atoms with van der Waals surface area (Å²) in [7, 11) is 1.61. The molecule has 1 aromatic carbocycles. The summed E-state index contributed by atoms with van der Waals surface area (Å²) in [6.45, 7) is 7.00. The maximum absolute atomic E-state index is 11.5. The van der Waals surface area contributed by atoms with E-state index in [0.29, 0.717) is 24.7 Å². The molecule has 1 amide bonds. The molecular formula is C15H21NO4. The van der Waals surface area contributed by atoms with Crippen LogP contribution in [0.1, 0.15) is 32.4 Å². The number of cyclic esters (lactones) is 1. The number of alkyl carbamates (subject to hydrolysis) is 1. The number of hydrogen-bond donors (Lipinski definition) is 1. The second-order valence-electron chi connectivity index (χ2n) is 5.49. The summed E-state index contributed by atoms with van der Waals surface area (Å²) >= 11 is 0. The van der Waals surface area contributed by atoms with Gasteiger partial charge in [0, 0.05) is 5.41 Å². The van der Waals surface area contributed by atoms with Gasteiger partial charge in [0.25, 0.3) is 0 Å². The van der Waals surface area contributed by atoms with Crippen LogP contribution in [0.5, 0.6) is 11.5 Å². The summed E-state index contributed by atoms with van der Waals surface area (Å²) in [5, 5.41) is 2.87. The van der Waals surface area contributed by atoms with Gasteiger partial charge < -0.3 is 19.5 Å². The average molecular weight is 279 g/mol. The molecule has 0 aromatic heterocycles. The molecule has 1 atom stereocenters. The third-order valence-electron chi connectivity index (χ3n) is 3.44. The number of methoxy groups -OCH3 is 1. The molecular weight excluding hydrogens is 258 g/mol. The van der Waals surface area contributed by atoms with Crippen LogP contribution >= 0.6 is 0 Å². The van der Waals surface area contributed by atoms with Gasteiger partial charge >= 0.3 is 6.09 Å². The van der Waals surface area contributed by atoms with Crippen molar-refractivity contribution in [3.05, 3.63) is 23.8 Å². The van der Waals surface area contributed by atoms with Gasteiger partial charge in [-0.2, -0.15) is 0 Å². The molecule has 1 N–H and O–H groups in total. The zero-order valence-electron chi connectivity index (χ0n) is 12.4. The summed E-state index contributed by atoms with van der Waals surface area (Å²) in [4.78, 5) is 11.5. The van der Waals surface area contributed by atoms with Gasteiger partial charge in [-0.3, -0.25) is 0 Å². The Morgan fingerprint density at radius 2 is 2.15 bits per heavy atom. The highest BCUT2D eigenvalue weighted by Crippen LogP contribution is 2.39. The topological polar surface area (TPSA) is 56.8 Å². The highest BCUT2D eigenvalue weighted by molar-refractivity contribution is 5.69. The van der Waals surface area contributed by atoms with E-state index in [-0.39, 0.29) is 17.6 Å². The van der Waals surface area contributed by atoms with Gasteiger partial charge in [0.05, 0.1) is 19.8 Å². The van der Waals surface area contributed by atoms with E-state index in [9.17, 15) is 4.79 Å². The minimum Gasteiger partial charge on any atom is -0.493 e. The van der Waals surface area contributed by atoms with Crippen LogP contribution in [0.15, 0.2) is 18.2 Å².